The van der Waals surface area contributed by atoms with Crippen LogP contribution in [0, 0.1) is 0 Å². The number of aliphatic hydroxyl groups is 2. The first-order valence-electron chi connectivity index (χ1n) is 2.64. The van der Waals surface area contributed by atoms with Crippen molar-refractivity contribution in [3.63, 3.8) is 0 Å². The van der Waals surface area contributed by atoms with Gasteiger partial charge in [-0.3, -0.25) is 0 Å². The summed E-state index contributed by atoms with van der Waals surface area (Å²) in [6.07, 6.45) is 0. The minimum Gasteiger partial charge on any atom is -0.383 e. The first-order chi connectivity index (χ1) is 4.13. The van der Waals surface area contributed by atoms with Gasteiger partial charge in [-0.05, 0) is 13.8 Å². The molecule has 0 spiro atoms. The second-order valence-corrected chi connectivity index (χ2v) is 2.97. The molecule has 0 heterocycles. The van der Waals surface area contributed by atoms with Crippen molar-refractivity contribution in [3.8, 4) is 0 Å². The van der Waals surface area contributed by atoms with E-state index < -0.39 is 10.9 Å². The molecule has 0 aromatic heterocycles. The first kappa shape index (κ1) is 11.8. The van der Waals surface area contributed by atoms with Crippen molar-refractivity contribution in [1.82, 2.24) is 0 Å². The van der Waals surface area contributed by atoms with E-state index in [0.29, 0.717) is 0 Å². The van der Waals surface area contributed by atoms with Crippen LogP contribution in [0.3, 0.4) is 0 Å². The van der Waals surface area contributed by atoms with Crippen molar-refractivity contribution >= 4 is 11.8 Å². The van der Waals surface area contributed by atoms with E-state index in [1.54, 1.807) is 13.8 Å². The molecule has 0 saturated carbocycles. The third kappa shape index (κ3) is 18.0. The lowest BCUT2D eigenvalue weighted by Gasteiger charge is -2.04. The maximum absolute atomic E-state index is 8.53. The standard InChI is InChI=1S/C4H10O2S.C2H4/c1-3(5)7-4(2)6;1-2/h3-6H,1-2H3;1-2H2. The molecule has 0 aliphatic heterocycles. The van der Waals surface area contributed by atoms with Gasteiger partial charge >= 0.3 is 0 Å². The van der Waals surface area contributed by atoms with Gasteiger partial charge in [-0.1, -0.05) is 0 Å². The van der Waals surface area contributed by atoms with Gasteiger partial charge in [-0.25, -0.2) is 0 Å². The van der Waals surface area contributed by atoms with Crippen molar-refractivity contribution in [1.29, 1.82) is 0 Å². The van der Waals surface area contributed by atoms with Crippen LogP contribution in [-0.2, 0) is 0 Å². The van der Waals surface area contributed by atoms with Crippen molar-refractivity contribution in [2.75, 3.05) is 0 Å². The molecule has 0 amide bonds. The Hall–Kier alpha value is 0.01000. The van der Waals surface area contributed by atoms with Gasteiger partial charge in [0.1, 0.15) is 0 Å². The Morgan fingerprint density at radius 1 is 1.11 bits per heavy atom. The molecule has 56 valence electrons. The van der Waals surface area contributed by atoms with Crippen LogP contribution < -0.4 is 0 Å². The molecule has 0 aliphatic rings. The maximum atomic E-state index is 8.53. The summed E-state index contributed by atoms with van der Waals surface area (Å²) in [6.45, 7) is 9.24. The zero-order valence-corrected chi connectivity index (χ0v) is 6.69. The Balaban J connectivity index is 0. The highest BCUT2D eigenvalue weighted by atomic mass is 32.2. The molecule has 0 radical (unpaired) electrons. The maximum Gasteiger partial charge on any atom is 0.0989 e. The van der Waals surface area contributed by atoms with Gasteiger partial charge in [0.15, 0.2) is 0 Å². The van der Waals surface area contributed by atoms with Gasteiger partial charge in [0.25, 0.3) is 0 Å². The molecule has 9 heavy (non-hydrogen) atoms. The van der Waals surface area contributed by atoms with E-state index in [1.165, 1.54) is 0 Å². The lowest BCUT2D eigenvalue weighted by molar-refractivity contribution is 0.256. The summed E-state index contributed by atoms with van der Waals surface area (Å²) in [7, 11) is 0. The molecule has 0 aromatic carbocycles. The van der Waals surface area contributed by atoms with Crippen LogP contribution in [0.25, 0.3) is 0 Å². The van der Waals surface area contributed by atoms with Crippen LogP contribution in [0.4, 0.5) is 0 Å². The summed E-state index contributed by atoms with van der Waals surface area (Å²) in [5.74, 6) is 0. The van der Waals surface area contributed by atoms with Crippen LogP contribution in [-0.4, -0.2) is 21.1 Å². The summed E-state index contributed by atoms with van der Waals surface area (Å²) < 4.78 is 0. The Morgan fingerprint density at radius 2 is 1.33 bits per heavy atom. The number of rotatable bonds is 2. The van der Waals surface area contributed by atoms with Crippen LogP contribution in [0.1, 0.15) is 13.8 Å². The molecular weight excluding hydrogens is 136 g/mol. The Kier molecular flexibility index (Phi) is 10.5. The fraction of sp³-hybridized carbons (Fsp3) is 0.667. The predicted molar refractivity (Wildman–Crippen MR) is 42.2 cm³/mol. The molecule has 0 aliphatic carbocycles. The summed E-state index contributed by atoms with van der Waals surface area (Å²) in [4.78, 5) is 0. The molecule has 3 heteroatoms. The smallest absolute Gasteiger partial charge is 0.0989 e. The van der Waals surface area contributed by atoms with Crippen molar-refractivity contribution < 1.29 is 10.2 Å². The SMILES string of the molecule is C=C.CC(O)SC(C)O. The number of thioether (sulfide) groups is 1. The lowest BCUT2D eigenvalue weighted by atomic mass is 10.9. The van der Waals surface area contributed by atoms with E-state index in [0.717, 1.165) is 11.8 Å². The quantitative estimate of drug-likeness (QED) is 0.459. The fourth-order valence-electron chi connectivity index (χ4n) is 0.285. The van der Waals surface area contributed by atoms with Gasteiger partial charge in [0.05, 0.1) is 10.9 Å². The number of aliphatic hydroxyl groups excluding tert-OH is 2. The Bertz CT molecular complexity index is 49.0. The zero-order valence-electron chi connectivity index (χ0n) is 5.87. The molecule has 2 unspecified atom stereocenters. The van der Waals surface area contributed by atoms with Gasteiger partial charge in [-0.2, -0.15) is 0 Å². The van der Waals surface area contributed by atoms with Crippen molar-refractivity contribution in [2.24, 2.45) is 0 Å². The van der Waals surface area contributed by atoms with E-state index in [9.17, 15) is 0 Å². The molecular formula is C6H14O2S. The molecule has 0 saturated heterocycles. The van der Waals surface area contributed by atoms with Crippen LogP contribution in [0.15, 0.2) is 13.2 Å². The van der Waals surface area contributed by atoms with Crippen molar-refractivity contribution in [2.45, 2.75) is 24.7 Å². The van der Waals surface area contributed by atoms with E-state index >= 15 is 0 Å². The number of hydrogen-bond acceptors (Lipinski definition) is 3. The predicted octanol–water partition coefficient (Wildman–Crippen LogP) is 1.20. The van der Waals surface area contributed by atoms with E-state index in [1.807, 2.05) is 0 Å². The minimum atomic E-state index is -0.458. The number of hydrogen-bond donors (Lipinski definition) is 2. The molecule has 2 nitrogen and oxygen atoms in total. The summed E-state index contributed by atoms with van der Waals surface area (Å²) in [5.41, 5.74) is -0.917. The summed E-state index contributed by atoms with van der Waals surface area (Å²) in [5, 5.41) is 17.1. The molecule has 0 aromatic rings. The van der Waals surface area contributed by atoms with Gasteiger partial charge in [0, 0.05) is 0 Å². The molecule has 2 atom stereocenters. The van der Waals surface area contributed by atoms with Crippen LogP contribution in [0.2, 0.25) is 0 Å². The zero-order chi connectivity index (χ0) is 7.86. The minimum absolute atomic E-state index is 0.458. The fourth-order valence-corrected chi connectivity index (χ4v) is 0.855. The Labute approximate surface area is 60.6 Å². The normalized spacial score (nSPS) is 15.1. The third-order valence-electron chi connectivity index (χ3n) is 0.394. The highest BCUT2D eigenvalue weighted by Crippen LogP contribution is 2.10. The highest BCUT2D eigenvalue weighted by molar-refractivity contribution is 8.00. The Morgan fingerprint density at radius 3 is 1.33 bits per heavy atom. The largest absolute Gasteiger partial charge is 0.383 e. The first-order valence-corrected chi connectivity index (χ1v) is 3.59. The third-order valence-corrected chi connectivity index (χ3v) is 1.18. The topological polar surface area (TPSA) is 40.5 Å². The van der Waals surface area contributed by atoms with E-state index in [2.05, 4.69) is 13.2 Å². The van der Waals surface area contributed by atoms with Gasteiger partial charge < -0.3 is 10.2 Å². The summed E-state index contributed by atoms with van der Waals surface area (Å²) in [6, 6.07) is 0. The average Bonchev–Trinajstić information content (AvgIpc) is 1.68. The van der Waals surface area contributed by atoms with Crippen LogP contribution in [0.5, 0.6) is 0 Å². The summed E-state index contributed by atoms with van der Waals surface area (Å²) >= 11 is 1.12. The molecule has 0 rings (SSSR count). The van der Waals surface area contributed by atoms with Crippen molar-refractivity contribution in [3.05, 3.63) is 13.2 Å². The second kappa shape index (κ2) is 8.01. The monoisotopic (exact) mass is 150 g/mol. The van der Waals surface area contributed by atoms with E-state index in [-0.39, 0.29) is 0 Å². The highest BCUT2D eigenvalue weighted by Gasteiger charge is 1.98. The molecule has 0 bridgehead atoms. The lowest BCUT2D eigenvalue weighted by Crippen LogP contribution is -2.00. The van der Waals surface area contributed by atoms with Gasteiger partial charge in [0.2, 0.25) is 0 Å². The van der Waals surface area contributed by atoms with E-state index in [4.69, 9.17) is 10.2 Å². The average molecular weight is 150 g/mol. The van der Waals surface area contributed by atoms with Gasteiger partial charge in [-0.15, -0.1) is 24.9 Å². The molecule has 0 fully saturated rings. The second-order valence-electron chi connectivity index (χ2n) is 1.33. The molecule has 2 N–H and O–H groups in total. The van der Waals surface area contributed by atoms with Crippen LogP contribution >= 0.6 is 11.8 Å².